The molecule has 0 aromatic carbocycles. The first-order valence-electron chi connectivity index (χ1n) is 5.54. The van der Waals surface area contributed by atoms with Crippen LogP contribution in [0.2, 0.25) is 4.34 Å². The molecule has 0 amide bonds. The van der Waals surface area contributed by atoms with Gasteiger partial charge >= 0.3 is 5.97 Å². The molecular weight excluding hydrogens is 258 g/mol. The number of methoxy groups -OCH3 is 1. The van der Waals surface area contributed by atoms with Gasteiger partial charge in [-0.25, -0.2) is 0 Å². The Morgan fingerprint density at radius 3 is 2.47 bits per heavy atom. The number of nitrogens with one attached hydrogen (secondary N) is 1. The third kappa shape index (κ3) is 3.98. The SMILES string of the molecule is COC(=O)C(NC(C)c1ccc(Cl)s1)C(C)C. The molecule has 1 heterocycles. The van der Waals surface area contributed by atoms with E-state index >= 15 is 0 Å². The van der Waals surface area contributed by atoms with Crippen molar-refractivity contribution in [3.8, 4) is 0 Å². The topological polar surface area (TPSA) is 38.3 Å². The second-order valence-corrected chi connectivity index (χ2v) is 6.02. The van der Waals surface area contributed by atoms with E-state index in [0.29, 0.717) is 0 Å². The van der Waals surface area contributed by atoms with Gasteiger partial charge in [0.25, 0.3) is 0 Å². The van der Waals surface area contributed by atoms with E-state index in [4.69, 9.17) is 16.3 Å². The van der Waals surface area contributed by atoms with Crippen molar-refractivity contribution in [2.45, 2.75) is 32.9 Å². The Balaban J connectivity index is 2.70. The van der Waals surface area contributed by atoms with Crippen molar-refractivity contribution in [1.82, 2.24) is 5.32 Å². The molecule has 0 aliphatic rings. The summed E-state index contributed by atoms with van der Waals surface area (Å²) in [5.41, 5.74) is 0. The summed E-state index contributed by atoms with van der Waals surface area (Å²) < 4.78 is 5.55. The first kappa shape index (κ1) is 14.5. The van der Waals surface area contributed by atoms with Crippen LogP contribution in [0.3, 0.4) is 0 Å². The number of esters is 1. The van der Waals surface area contributed by atoms with E-state index in [1.165, 1.54) is 18.4 Å². The molecule has 2 unspecified atom stereocenters. The summed E-state index contributed by atoms with van der Waals surface area (Å²) in [6, 6.07) is 3.62. The summed E-state index contributed by atoms with van der Waals surface area (Å²) in [4.78, 5) is 12.7. The lowest BCUT2D eigenvalue weighted by atomic mass is 10.0. The van der Waals surface area contributed by atoms with E-state index in [9.17, 15) is 4.79 Å². The van der Waals surface area contributed by atoms with Crippen LogP contribution in [0.4, 0.5) is 0 Å². The van der Waals surface area contributed by atoms with Crippen LogP contribution in [-0.4, -0.2) is 19.1 Å². The molecule has 2 atom stereocenters. The van der Waals surface area contributed by atoms with Gasteiger partial charge in [-0.1, -0.05) is 25.4 Å². The third-order valence-corrected chi connectivity index (χ3v) is 3.99. The molecule has 0 aliphatic carbocycles. The van der Waals surface area contributed by atoms with Gasteiger partial charge in [0, 0.05) is 10.9 Å². The molecule has 0 spiro atoms. The van der Waals surface area contributed by atoms with Crippen molar-refractivity contribution < 1.29 is 9.53 Å². The van der Waals surface area contributed by atoms with Crippen LogP contribution >= 0.6 is 22.9 Å². The maximum Gasteiger partial charge on any atom is 0.323 e. The van der Waals surface area contributed by atoms with Crippen LogP contribution < -0.4 is 5.32 Å². The summed E-state index contributed by atoms with van der Waals surface area (Å²) in [5.74, 6) is -0.0464. The number of carbonyl (C=O) groups is 1. The maximum absolute atomic E-state index is 11.6. The zero-order valence-corrected chi connectivity index (χ0v) is 12.1. The Morgan fingerprint density at radius 2 is 2.06 bits per heavy atom. The predicted molar refractivity (Wildman–Crippen MR) is 71.5 cm³/mol. The highest BCUT2D eigenvalue weighted by molar-refractivity contribution is 7.16. The molecule has 1 aromatic heterocycles. The average Bonchev–Trinajstić information content (AvgIpc) is 2.71. The molecule has 5 heteroatoms. The lowest BCUT2D eigenvalue weighted by Crippen LogP contribution is -2.42. The molecule has 17 heavy (non-hydrogen) atoms. The Labute approximate surface area is 111 Å². The minimum absolute atomic E-state index is 0.0824. The van der Waals surface area contributed by atoms with Gasteiger partial charge < -0.3 is 4.74 Å². The fourth-order valence-corrected chi connectivity index (χ4v) is 2.64. The van der Waals surface area contributed by atoms with E-state index in [0.717, 1.165) is 9.21 Å². The molecule has 96 valence electrons. The molecule has 3 nitrogen and oxygen atoms in total. The normalized spacial score (nSPS) is 14.7. The molecule has 0 fully saturated rings. The van der Waals surface area contributed by atoms with E-state index < -0.39 is 0 Å². The van der Waals surface area contributed by atoms with Gasteiger partial charge in [-0.3, -0.25) is 10.1 Å². The Hall–Kier alpha value is -0.580. The lowest BCUT2D eigenvalue weighted by Gasteiger charge is -2.23. The molecule has 1 aromatic rings. The van der Waals surface area contributed by atoms with Gasteiger partial charge in [0.05, 0.1) is 11.4 Å². The molecular formula is C12H18ClNO2S. The van der Waals surface area contributed by atoms with Crippen molar-refractivity contribution in [2.75, 3.05) is 7.11 Å². The number of hydrogen-bond donors (Lipinski definition) is 1. The monoisotopic (exact) mass is 275 g/mol. The molecule has 0 aliphatic heterocycles. The van der Waals surface area contributed by atoms with Gasteiger partial charge in [-0.2, -0.15) is 0 Å². The van der Waals surface area contributed by atoms with Crippen LogP contribution in [0.15, 0.2) is 12.1 Å². The molecule has 0 bridgehead atoms. The Kier molecular flexibility index (Phi) is 5.43. The van der Waals surface area contributed by atoms with E-state index in [2.05, 4.69) is 5.32 Å². The maximum atomic E-state index is 11.6. The van der Waals surface area contributed by atoms with Crippen LogP contribution in [0.5, 0.6) is 0 Å². The van der Waals surface area contributed by atoms with Crippen LogP contribution in [0.1, 0.15) is 31.7 Å². The highest BCUT2D eigenvalue weighted by Crippen LogP contribution is 2.27. The summed E-state index contributed by atoms with van der Waals surface area (Å²) in [6.45, 7) is 5.99. The summed E-state index contributed by atoms with van der Waals surface area (Å²) in [5, 5.41) is 3.27. The number of carbonyl (C=O) groups excluding carboxylic acids is 1. The van der Waals surface area contributed by atoms with Crippen molar-refractivity contribution in [1.29, 1.82) is 0 Å². The fourth-order valence-electron chi connectivity index (χ4n) is 1.57. The zero-order valence-electron chi connectivity index (χ0n) is 10.5. The van der Waals surface area contributed by atoms with Crippen LogP contribution in [0, 0.1) is 5.92 Å². The molecule has 1 rings (SSSR count). The number of halogens is 1. The third-order valence-electron chi connectivity index (χ3n) is 2.57. The average molecular weight is 276 g/mol. The second-order valence-electron chi connectivity index (χ2n) is 4.28. The first-order valence-corrected chi connectivity index (χ1v) is 6.74. The molecule has 0 radical (unpaired) electrons. The smallest absolute Gasteiger partial charge is 0.323 e. The van der Waals surface area contributed by atoms with Crippen molar-refractivity contribution in [3.05, 3.63) is 21.3 Å². The fraction of sp³-hybridized carbons (Fsp3) is 0.583. The highest BCUT2D eigenvalue weighted by atomic mass is 35.5. The quantitative estimate of drug-likeness (QED) is 0.839. The number of rotatable bonds is 5. The number of hydrogen-bond acceptors (Lipinski definition) is 4. The van der Waals surface area contributed by atoms with Gasteiger partial charge in [-0.15, -0.1) is 11.3 Å². The van der Waals surface area contributed by atoms with Gasteiger partial charge in [0.15, 0.2) is 0 Å². The Morgan fingerprint density at radius 1 is 1.41 bits per heavy atom. The number of thiophene rings is 1. The minimum Gasteiger partial charge on any atom is -0.468 e. The van der Waals surface area contributed by atoms with Crippen molar-refractivity contribution >= 4 is 28.9 Å². The lowest BCUT2D eigenvalue weighted by molar-refractivity contribution is -0.144. The largest absolute Gasteiger partial charge is 0.468 e. The van der Waals surface area contributed by atoms with Gasteiger partial charge in [-0.05, 0) is 25.0 Å². The van der Waals surface area contributed by atoms with Crippen LogP contribution in [-0.2, 0) is 9.53 Å². The Bertz CT molecular complexity index is 378. The van der Waals surface area contributed by atoms with Crippen LogP contribution in [0.25, 0.3) is 0 Å². The van der Waals surface area contributed by atoms with E-state index in [-0.39, 0.29) is 24.0 Å². The van der Waals surface area contributed by atoms with E-state index in [1.54, 1.807) is 0 Å². The summed E-state index contributed by atoms with van der Waals surface area (Å²) in [7, 11) is 1.41. The first-order chi connectivity index (χ1) is 7.95. The van der Waals surface area contributed by atoms with Gasteiger partial charge in [0.1, 0.15) is 6.04 Å². The molecule has 1 N–H and O–H groups in total. The standard InChI is InChI=1S/C12H18ClNO2S/c1-7(2)11(12(15)16-4)14-8(3)9-5-6-10(13)17-9/h5-8,11,14H,1-4H3. The predicted octanol–water partition coefficient (Wildman–Crippen LogP) is 3.25. The zero-order chi connectivity index (χ0) is 13.0. The van der Waals surface area contributed by atoms with E-state index in [1.807, 2.05) is 32.9 Å². The number of ether oxygens (including phenoxy) is 1. The highest BCUT2D eigenvalue weighted by Gasteiger charge is 2.25. The van der Waals surface area contributed by atoms with Gasteiger partial charge in [0.2, 0.25) is 0 Å². The minimum atomic E-state index is -0.295. The van der Waals surface area contributed by atoms with Crippen molar-refractivity contribution in [3.63, 3.8) is 0 Å². The second kappa shape index (κ2) is 6.38. The molecule has 0 saturated heterocycles. The summed E-state index contributed by atoms with van der Waals surface area (Å²) >= 11 is 7.41. The van der Waals surface area contributed by atoms with Crippen molar-refractivity contribution in [2.24, 2.45) is 5.92 Å². The molecule has 0 saturated carbocycles. The summed E-state index contributed by atoms with van der Waals surface area (Å²) in [6.07, 6.45) is 0.